The summed E-state index contributed by atoms with van der Waals surface area (Å²) in [5, 5.41) is 9.28. The quantitative estimate of drug-likeness (QED) is 0.520. The molecule has 0 saturated heterocycles. The largest absolute Gasteiger partial charge is 0.508 e. The first-order chi connectivity index (χ1) is 5.83. The van der Waals surface area contributed by atoms with Gasteiger partial charge in [0, 0.05) is 0 Å². The zero-order valence-electron chi connectivity index (χ0n) is 7.07. The summed E-state index contributed by atoms with van der Waals surface area (Å²) in [5.74, 6) is 0.281. The van der Waals surface area contributed by atoms with E-state index in [0.29, 0.717) is 0 Å². The molecule has 0 amide bonds. The van der Waals surface area contributed by atoms with Crippen LogP contribution < -0.4 is 0 Å². The smallest absolute Gasteiger partial charge is 0.115 e. The molecule has 0 spiro atoms. The Bertz CT molecular complexity index is 283. The molecule has 0 atom stereocenters. The molecule has 62 valence electrons. The van der Waals surface area contributed by atoms with E-state index in [9.17, 15) is 5.11 Å². The van der Waals surface area contributed by atoms with Crippen LogP contribution >= 0.6 is 0 Å². The van der Waals surface area contributed by atoms with Gasteiger partial charge in [-0.3, -0.25) is 0 Å². The Morgan fingerprint density at radius 2 is 1.92 bits per heavy atom. The van der Waals surface area contributed by atoms with Gasteiger partial charge in [0.05, 0.1) is 0 Å². The summed E-state index contributed by atoms with van der Waals surface area (Å²) < 4.78 is 0. The van der Waals surface area contributed by atoms with Crippen molar-refractivity contribution in [3.05, 3.63) is 53.8 Å². The highest BCUT2D eigenvalue weighted by molar-refractivity contribution is 5.53. The highest BCUT2D eigenvalue weighted by atomic mass is 16.3. The third-order valence-corrected chi connectivity index (χ3v) is 1.45. The number of benzene rings is 1. The van der Waals surface area contributed by atoms with Crippen molar-refractivity contribution in [1.82, 2.24) is 0 Å². The average molecular weight is 160 g/mol. The van der Waals surface area contributed by atoms with E-state index in [-0.39, 0.29) is 5.76 Å². The lowest BCUT2D eigenvalue weighted by Crippen LogP contribution is -1.74. The van der Waals surface area contributed by atoms with Crippen molar-refractivity contribution in [2.75, 3.05) is 0 Å². The average Bonchev–Trinajstić information content (AvgIpc) is 2.06. The monoisotopic (exact) mass is 160 g/mol. The van der Waals surface area contributed by atoms with Gasteiger partial charge in [0.1, 0.15) is 5.76 Å². The summed E-state index contributed by atoms with van der Waals surface area (Å²) in [6.07, 6.45) is 5.18. The molecule has 0 heterocycles. The van der Waals surface area contributed by atoms with Gasteiger partial charge in [-0.15, -0.1) is 0 Å². The van der Waals surface area contributed by atoms with Crippen molar-refractivity contribution in [2.45, 2.75) is 6.92 Å². The molecule has 1 rings (SSSR count). The predicted molar refractivity (Wildman–Crippen MR) is 51.9 cm³/mol. The van der Waals surface area contributed by atoms with Crippen LogP contribution in [-0.4, -0.2) is 5.11 Å². The molecule has 0 unspecified atom stereocenters. The number of aliphatic hydroxyl groups is 1. The van der Waals surface area contributed by atoms with Gasteiger partial charge in [-0.2, -0.15) is 0 Å². The molecule has 1 nitrogen and oxygen atoms in total. The maximum absolute atomic E-state index is 9.28. The van der Waals surface area contributed by atoms with E-state index < -0.39 is 0 Å². The SMILES string of the molecule is CC=CC(O)=Cc1ccccc1. The van der Waals surface area contributed by atoms with Crippen LogP contribution in [-0.2, 0) is 0 Å². The van der Waals surface area contributed by atoms with Crippen molar-refractivity contribution in [2.24, 2.45) is 0 Å². The molecule has 0 aliphatic carbocycles. The Balaban J connectivity index is 2.81. The maximum Gasteiger partial charge on any atom is 0.115 e. The first kappa shape index (κ1) is 8.60. The van der Waals surface area contributed by atoms with E-state index in [2.05, 4.69) is 0 Å². The molecule has 1 aromatic rings. The molecule has 0 aromatic heterocycles. The second-order valence-electron chi connectivity index (χ2n) is 2.48. The van der Waals surface area contributed by atoms with Crippen LogP contribution in [0.1, 0.15) is 12.5 Å². The molecule has 0 bridgehead atoms. The number of rotatable bonds is 2. The van der Waals surface area contributed by atoms with Gasteiger partial charge >= 0.3 is 0 Å². The van der Waals surface area contributed by atoms with Gasteiger partial charge in [-0.1, -0.05) is 36.4 Å². The first-order valence-electron chi connectivity index (χ1n) is 3.91. The van der Waals surface area contributed by atoms with Gasteiger partial charge in [-0.25, -0.2) is 0 Å². The van der Waals surface area contributed by atoms with E-state index in [1.54, 1.807) is 18.2 Å². The number of hydrogen-bond donors (Lipinski definition) is 1. The third-order valence-electron chi connectivity index (χ3n) is 1.45. The van der Waals surface area contributed by atoms with E-state index in [1.807, 2.05) is 37.3 Å². The van der Waals surface area contributed by atoms with Crippen LogP contribution in [0.15, 0.2) is 48.2 Å². The molecular formula is C11H12O. The van der Waals surface area contributed by atoms with Gasteiger partial charge in [0.15, 0.2) is 0 Å². The second kappa shape index (κ2) is 4.39. The minimum Gasteiger partial charge on any atom is -0.508 e. The van der Waals surface area contributed by atoms with Crippen LogP contribution in [0.5, 0.6) is 0 Å². The second-order valence-corrected chi connectivity index (χ2v) is 2.48. The van der Waals surface area contributed by atoms with Crippen LogP contribution in [0, 0.1) is 0 Å². The molecule has 0 radical (unpaired) electrons. The Hall–Kier alpha value is -1.50. The van der Waals surface area contributed by atoms with Crippen molar-refractivity contribution in [1.29, 1.82) is 0 Å². The van der Waals surface area contributed by atoms with Crippen molar-refractivity contribution < 1.29 is 5.11 Å². The zero-order valence-corrected chi connectivity index (χ0v) is 7.07. The van der Waals surface area contributed by atoms with E-state index in [1.165, 1.54) is 0 Å². The fourth-order valence-corrected chi connectivity index (χ4v) is 0.939. The lowest BCUT2D eigenvalue weighted by Gasteiger charge is -1.92. The molecule has 0 aliphatic heterocycles. The Morgan fingerprint density at radius 1 is 1.25 bits per heavy atom. The molecule has 1 aromatic carbocycles. The van der Waals surface area contributed by atoms with E-state index in [4.69, 9.17) is 0 Å². The Kier molecular flexibility index (Phi) is 3.15. The fraction of sp³-hybridized carbons (Fsp3) is 0.0909. The molecule has 12 heavy (non-hydrogen) atoms. The Morgan fingerprint density at radius 3 is 2.50 bits per heavy atom. The van der Waals surface area contributed by atoms with Crippen LogP contribution in [0.4, 0.5) is 0 Å². The third kappa shape index (κ3) is 2.62. The molecule has 1 heteroatoms. The maximum atomic E-state index is 9.28. The highest BCUT2D eigenvalue weighted by Gasteiger charge is 1.86. The van der Waals surface area contributed by atoms with Crippen molar-refractivity contribution >= 4 is 6.08 Å². The summed E-state index contributed by atoms with van der Waals surface area (Å²) in [4.78, 5) is 0. The molecule has 0 fully saturated rings. The number of hydrogen-bond acceptors (Lipinski definition) is 1. The van der Waals surface area contributed by atoms with Crippen LogP contribution in [0.3, 0.4) is 0 Å². The lowest BCUT2D eigenvalue weighted by molar-refractivity contribution is 0.437. The summed E-state index contributed by atoms with van der Waals surface area (Å²) in [5.41, 5.74) is 1.01. The standard InChI is InChI=1S/C11H12O/c1-2-6-11(12)9-10-7-4-3-5-8-10/h2-9,12H,1H3. The summed E-state index contributed by atoms with van der Waals surface area (Å²) >= 11 is 0. The van der Waals surface area contributed by atoms with Gasteiger partial charge in [-0.05, 0) is 24.6 Å². The topological polar surface area (TPSA) is 20.2 Å². The molecule has 0 aliphatic rings. The Labute approximate surface area is 72.7 Å². The fourth-order valence-electron chi connectivity index (χ4n) is 0.939. The molecular weight excluding hydrogens is 148 g/mol. The summed E-state index contributed by atoms with van der Waals surface area (Å²) in [7, 11) is 0. The van der Waals surface area contributed by atoms with E-state index in [0.717, 1.165) is 5.56 Å². The minimum absolute atomic E-state index is 0.281. The number of aliphatic hydroxyl groups excluding tert-OH is 1. The molecule has 0 saturated carbocycles. The summed E-state index contributed by atoms with van der Waals surface area (Å²) in [6, 6.07) is 9.72. The minimum atomic E-state index is 0.281. The number of allylic oxidation sites excluding steroid dienone is 2. The van der Waals surface area contributed by atoms with Crippen molar-refractivity contribution in [3.63, 3.8) is 0 Å². The normalized spacial score (nSPS) is 12.2. The molecule has 1 N–H and O–H groups in total. The van der Waals surface area contributed by atoms with Crippen molar-refractivity contribution in [3.8, 4) is 0 Å². The highest BCUT2D eigenvalue weighted by Crippen LogP contribution is 2.04. The van der Waals surface area contributed by atoms with Crippen LogP contribution in [0.25, 0.3) is 6.08 Å². The van der Waals surface area contributed by atoms with Crippen LogP contribution in [0.2, 0.25) is 0 Å². The van der Waals surface area contributed by atoms with Gasteiger partial charge in [0.25, 0.3) is 0 Å². The van der Waals surface area contributed by atoms with E-state index >= 15 is 0 Å². The summed E-state index contributed by atoms with van der Waals surface area (Å²) in [6.45, 7) is 1.87. The predicted octanol–water partition coefficient (Wildman–Crippen LogP) is 3.16. The zero-order chi connectivity index (χ0) is 8.81. The van der Waals surface area contributed by atoms with Gasteiger partial charge < -0.3 is 5.11 Å². The first-order valence-corrected chi connectivity index (χ1v) is 3.91. The lowest BCUT2D eigenvalue weighted by atomic mass is 10.2. The van der Waals surface area contributed by atoms with Gasteiger partial charge in [0.2, 0.25) is 0 Å².